The zero-order valence-corrected chi connectivity index (χ0v) is 21.8. The fourth-order valence-corrected chi connectivity index (χ4v) is 3.32. The van der Waals surface area contributed by atoms with E-state index < -0.39 is 23.9 Å². The van der Waals surface area contributed by atoms with E-state index in [1.54, 1.807) is 48.5 Å². The van der Waals surface area contributed by atoms with Gasteiger partial charge >= 0.3 is 23.9 Å². The van der Waals surface area contributed by atoms with E-state index in [9.17, 15) is 19.2 Å². The molecule has 0 radical (unpaired) electrons. The minimum absolute atomic E-state index is 0.101. The Bertz CT molecular complexity index is 970. The summed E-state index contributed by atoms with van der Waals surface area (Å²) >= 11 is 0. The fourth-order valence-electron chi connectivity index (χ4n) is 3.32. The molecule has 12 nitrogen and oxygen atoms in total. The van der Waals surface area contributed by atoms with Gasteiger partial charge in [-0.1, -0.05) is 24.3 Å². The summed E-state index contributed by atoms with van der Waals surface area (Å²) in [6, 6.07) is 13.8. The summed E-state index contributed by atoms with van der Waals surface area (Å²) in [4.78, 5) is 50.6. The van der Waals surface area contributed by atoms with Gasteiger partial charge in [-0.05, 0) is 24.3 Å². The van der Waals surface area contributed by atoms with E-state index in [1.165, 1.54) is 38.2 Å². The highest BCUT2D eigenvalue weighted by atomic mass is 16.5. The van der Waals surface area contributed by atoms with Gasteiger partial charge in [0.2, 0.25) is 0 Å². The molecule has 0 aliphatic heterocycles. The Morgan fingerprint density at radius 1 is 0.526 bits per heavy atom. The van der Waals surface area contributed by atoms with Crippen LogP contribution in [0.1, 0.15) is 0 Å². The van der Waals surface area contributed by atoms with E-state index in [-0.39, 0.29) is 39.4 Å². The van der Waals surface area contributed by atoms with Crippen molar-refractivity contribution >= 4 is 35.3 Å². The molecule has 0 N–H and O–H groups in total. The van der Waals surface area contributed by atoms with Crippen molar-refractivity contribution in [2.24, 2.45) is 0 Å². The van der Waals surface area contributed by atoms with Crippen molar-refractivity contribution in [3.8, 4) is 11.5 Å². The normalized spacial score (nSPS) is 10.1. The molecule has 0 fully saturated rings. The standard InChI is InChI=1S/C26H32N2O10/c1-33-23(29)15-27(16-24(30)34-2)19-9-5-7-11-21(19)37-13-14-38-22-12-8-6-10-20(22)28(17-25(31)35-3)18-26(32)36-4/h5-12H,13-18H2,1-4H3. The van der Waals surface area contributed by atoms with E-state index >= 15 is 0 Å². The Labute approximate surface area is 220 Å². The summed E-state index contributed by atoms with van der Waals surface area (Å²) in [5.41, 5.74) is 0.983. The zero-order valence-electron chi connectivity index (χ0n) is 21.8. The van der Waals surface area contributed by atoms with Crippen LogP contribution in [0.25, 0.3) is 0 Å². The summed E-state index contributed by atoms with van der Waals surface area (Å²) < 4.78 is 30.8. The first-order valence-electron chi connectivity index (χ1n) is 11.5. The number of hydrogen-bond acceptors (Lipinski definition) is 12. The van der Waals surface area contributed by atoms with Gasteiger partial charge in [0.05, 0.1) is 39.8 Å². The van der Waals surface area contributed by atoms with Crippen molar-refractivity contribution in [3.63, 3.8) is 0 Å². The molecule has 2 aromatic rings. The van der Waals surface area contributed by atoms with Crippen LogP contribution in [0.15, 0.2) is 48.5 Å². The molecule has 0 spiro atoms. The van der Waals surface area contributed by atoms with Crippen LogP contribution in [0.3, 0.4) is 0 Å². The van der Waals surface area contributed by atoms with Gasteiger partial charge in [0.1, 0.15) is 50.9 Å². The van der Waals surface area contributed by atoms with E-state index in [4.69, 9.17) is 28.4 Å². The lowest BCUT2D eigenvalue weighted by molar-refractivity contribution is -0.141. The summed E-state index contributed by atoms with van der Waals surface area (Å²) in [6.07, 6.45) is 0. The number of para-hydroxylation sites is 4. The van der Waals surface area contributed by atoms with E-state index in [0.717, 1.165) is 0 Å². The monoisotopic (exact) mass is 532 g/mol. The number of esters is 4. The highest BCUT2D eigenvalue weighted by Crippen LogP contribution is 2.30. The molecule has 2 aromatic carbocycles. The van der Waals surface area contributed by atoms with Crippen LogP contribution in [0.5, 0.6) is 11.5 Å². The second-order valence-electron chi connectivity index (χ2n) is 7.65. The summed E-state index contributed by atoms with van der Waals surface area (Å²) in [5, 5.41) is 0. The Morgan fingerprint density at radius 2 is 0.816 bits per heavy atom. The number of nitrogens with zero attached hydrogens (tertiary/aromatic N) is 2. The molecule has 0 heterocycles. The number of ether oxygens (including phenoxy) is 6. The number of carbonyl (C=O) groups excluding carboxylic acids is 4. The third-order valence-corrected chi connectivity index (χ3v) is 5.20. The van der Waals surface area contributed by atoms with Gasteiger partial charge in [-0.25, -0.2) is 0 Å². The Morgan fingerprint density at radius 3 is 1.11 bits per heavy atom. The molecule has 0 atom stereocenters. The van der Waals surface area contributed by atoms with Gasteiger partial charge in [-0.2, -0.15) is 0 Å². The fraction of sp³-hybridized carbons (Fsp3) is 0.385. The summed E-state index contributed by atoms with van der Waals surface area (Å²) in [5.74, 6) is -1.32. The average molecular weight is 533 g/mol. The summed E-state index contributed by atoms with van der Waals surface area (Å²) in [7, 11) is 5.03. The van der Waals surface area contributed by atoms with Gasteiger partial charge in [0, 0.05) is 0 Å². The maximum atomic E-state index is 11.9. The topological polar surface area (TPSA) is 130 Å². The number of carbonyl (C=O) groups is 4. The average Bonchev–Trinajstić information content (AvgIpc) is 2.94. The molecule has 0 saturated carbocycles. The van der Waals surface area contributed by atoms with Crippen molar-refractivity contribution in [3.05, 3.63) is 48.5 Å². The number of rotatable bonds is 15. The highest BCUT2D eigenvalue weighted by molar-refractivity contribution is 5.83. The van der Waals surface area contributed by atoms with Crippen molar-refractivity contribution < 1.29 is 47.6 Å². The molecule has 0 unspecified atom stereocenters. The van der Waals surface area contributed by atoms with Gasteiger partial charge in [-0.3, -0.25) is 19.2 Å². The third kappa shape index (κ3) is 9.19. The van der Waals surface area contributed by atoms with Gasteiger partial charge in [0.25, 0.3) is 0 Å². The molecule has 0 bridgehead atoms. The molecular formula is C26H32N2O10. The van der Waals surface area contributed by atoms with Crippen LogP contribution in [0, 0.1) is 0 Å². The minimum atomic E-state index is -0.535. The smallest absolute Gasteiger partial charge is 0.325 e. The lowest BCUT2D eigenvalue weighted by atomic mass is 10.2. The number of methoxy groups -OCH3 is 4. The van der Waals surface area contributed by atoms with Crippen LogP contribution < -0.4 is 19.3 Å². The number of hydrogen-bond donors (Lipinski definition) is 0. The molecule has 2 rings (SSSR count). The van der Waals surface area contributed by atoms with Crippen LogP contribution >= 0.6 is 0 Å². The van der Waals surface area contributed by atoms with Crippen LogP contribution in [-0.2, 0) is 38.1 Å². The van der Waals surface area contributed by atoms with E-state index in [0.29, 0.717) is 22.9 Å². The zero-order chi connectivity index (χ0) is 27.9. The SMILES string of the molecule is COC(=O)CN(CC(=O)OC)c1ccccc1OCCOc1ccccc1N(CC(=O)OC)CC(=O)OC. The van der Waals surface area contributed by atoms with Crippen molar-refractivity contribution in [1.29, 1.82) is 0 Å². The second kappa shape index (κ2) is 15.6. The molecule has 12 heteroatoms. The van der Waals surface area contributed by atoms with Gasteiger partial charge in [-0.15, -0.1) is 0 Å². The Hall–Kier alpha value is -4.48. The first kappa shape index (κ1) is 29.7. The van der Waals surface area contributed by atoms with Crippen molar-refractivity contribution in [1.82, 2.24) is 0 Å². The molecule has 206 valence electrons. The number of anilines is 2. The largest absolute Gasteiger partial charge is 0.488 e. The molecule has 0 saturated heterocycles. The molecule has 0 aliphatic carbocycles. The first-order valence-corrected chi connectivity index (χ1v) is 11.5. The number of benzene rings is 2. The molecule has 0 aliphatic rings. The van der Waals surface area contributed by atoms with Crippen molar-refractivity contribution in [2.75, 3.05) is 77.6 Å². The van der Waals surface area contributed by atoms with Gasteiger partial charge in [0.15, 0.2) is 0 Å². The van der Waals surface area contributed by atoms with Crippen LogP contribution in [0.2, 0.25) is 0 Å². The molecule has 0 aromatic heterocycles. The summed E-state index contributed by atoms with van der Waals surface area (Å²) in [6.45, 7) is -0.552. The van der Waals surface area contributed by atoms with Crippen LogP contribution in [0.4, 0.5) is 11.4 Å². The quantitative estimate of drug-likeness (QED) is 0.187. The highest BCUT2D eigenvalue weighted by Gasteiger charge is 2.21. The molecule has 38 heavy (non-hydrogen) atoms. The minimum Gasteiger partial charge on any atom is -0.488 e. The Kier molecular flexibility index (Phi) is 12.2. The lowest BCUT2D eigenvalue weighted by Gasteiger charge is -2.25. The maximum absolute atomic E-state index is 11.9. The maximum Gasteiger partial charge on any atom is 0.325 e. The predicted molar refractivity (Wildman–Crippen MR) is 136 cm³/mol. The van der Waals surface area contributed by atoms with E-state index in [2.05, 4.69) is 0 Å². The predicted octanol–water partition coefficient (Wildman–Crippen LogP) is 1.45. The lowest BCUT2D eigenvalue weighted by Crippen LogP contribution is -2.36. The first-order chi connectivity index (χ1) is 18.3. The third-order valence-electron chi connectivity index (χ3n) is 5.20. The van der Waals surface area contributed by atoms with Gasteiger partial charge < -0.3 is 38.2 Å². The van der Waals surface area contributed by atoms with Crippen LogP contribution in [-0.4, -0.2) is 91.7 Å². The van der Waals surface area contributed by atoms with Crippen molar-refractivity contribution in [2.45, 2.75) is 0 Å². The van der Waals surface area contributed by atoms with E-state index in [1.807, 2.05) is 0 Å². The molecular weight excluding hydrogens is 500 g/mol. The Balaban J connectivity index is 2.14. The second-order valence-corrected chi connectivity index (χ2v) is 7.65. The molecule has 0 amide bonds.